The van der Waals surface area contributed by atoms with Crippen LogP contribution in [0.4, 0.5) is 0 Å². The maximum atomic E-state index is 7.49. The molecule has 1 aliphatic carbocycles. The van der Waals surface area contributed by atoms with Crippen LogP contribution >= 0.6 is 0 Å². The van der Waals surface area contributed by atoms with Gasteiger partial charge in [0.05, 0.1) is 5.60 Å². The summed E-state index contributed by atoms with van der Waals surface area (Å²) < 4.78 is 21.7. The van der Waals surface area contributed by atoms with Gasteiger partial charge in [-0.3, -0.25) is 0 Å². The van der Waals surface area contributed by atoms with Gasteiger partial charge in [0.15, 0.2) is 14.1 Å². The molecular weight excluding hydrogens is 683 g/mol. The van der Waals surface area contributed by atoms with Gasteiger partial charge >= 0.3 is 8.32 Å². The van der Waals surface area contributed by atoms with Crippen LogP contribution in [0.1, 0.15) is 51.5 Å². The molecule has 1 aliphatic rings. The van der Waals surface area contributed by atoms with Gasteiger partial charge in [0, 0.05) is 23.1 Å². The van der Waals surface area contributed by atoms with Crippen molar-refractivity contribution in [3.8, 4) is 28.3 Å². The van der Waals surface area contributed by atoms with Gasteiger partial charge in [-0.25, -0.2) is 4.98 Å². The van der Waals surface area contributed by atoms with Crippen LogP contribution in [0.5, 0.6) is 5.75 Å². The molecule has 1 atom stereocenters. The Kier molecular flexibility index (Phi) is 10.3. The normalized spacial score (nSPS) is 16.6. The highest BCUT2D eigenvalue weighted by atomic mass is 28.4. The minimum absolute atomic E-state index is 0.148. The third-order valence-corrected chi connectivity index (χ3v) is 16.1. The third-order valence-electron chi connectivity index (χ3n) is 10.1. The van der Waals surface area contributed by atoms with Crippen LogP contribution in [0, 0.1) is 0 Å². The molecule has 0 N–H and O–H groups in total. The highest BCUT2D eigenvalue weighted by Crippen LogP contribution is 2.46. The fraction of sp³-hybridized carbons (Fsp3) is 0.255. The van der Waals surface area contributed by atoms with E-state index >= 15 is 0 Å². The molecular formula is C47H51NO3Si2. The fourth-order valence-electron chi connectivity index (χ4n) is 8.04. The van der Waals surface area contributed by atoms with E-state index in [-0.39, 0.29) is 5.04 Å². The second kappa shape index (κ2) is 14.9. The number of hydrogen-bond acceptors (Lipinski definition) is 4. The Morgan fingerprint density at radius 3 is 1.83 bits per heavy atom. The van der Waals surface area contributed by atoms with Crippen molar-refractivity contribution < 1.29 is 13.3 Å². The Bertz CT molecular complexity index is 2050. The van der Waals surface area contributed by atoms with Crippen LogP contribution in [-0.2, 0) is 10.8 Å². The van der Waals surface area contributed by atoms with E-state index in [0.717, 1.165) is 53.2 Å². The summed E-state index contributed by atoms with van der Waals surface area (Å²) >= 11 is 0. The lowest BCUT2D eigenvalue weighted by Gasteiger charge is -2.43. The molecule has 4 nitrogen and oxygen atoms in total. The van der Waals surface area contributed by atoms with Gasteiger partial charge in [-0.15, -0.1) is 0 Å². The molecule has 0 fully saturated rings. The molecule has 6 heteroatoms. The minimum Gasteiger partial charge on any atom is -0.534 e. The van der Waals surface area contributed by atoms with Gasteiger partial charge in [-0.05, 0) is 72.0 Å². The summed E-state index contributed by atoms with van der Waals surface area (Å²) in [5, 5.41) is 2.37. The van der Waals surface area contributed by atoms with Crippen molar-refractivity contribution in [2.75, 3.05) is 0 Å². The zero-order valence-corrected chi connectivity index (χ0v) is 33.9. The van der Waals surface area contributed by atoms with E-state index < -0.39 is 22.2 Å². The molecule has 0 saturated carbocycles. The van der Waals surface area contributed by atoms with Gasteiger partial charge in [0.2, 0.25) is 5.89 Å². The van der Waals surface area contributed by atoms with E-state index in [1.54, 1.807) is 0 Å². The molecule has 0 bridgehead atoms. The van der Waals surface area contributed by atoms with Crippen LogP contribution in [0.3, 0.4) is 0 Å². The van der Waals surface area contributed by atoms with E-state index in [1.165, 1.54) is 15.9 Å². The summed E-state index contributed by atoms with van der Waals surface area (Å²) in [6.45, 7) is 13.8. The highest BCUT2D eigenvalue weighted by molar-refractivity contribution is 7.00. The average Bonchev–Trinajstić information content (AvgIpc) is 3.60. The first-order valence-corrected chi connectivity index (χ1v) is 24.2. The highest BCUT2D eigenvalue weighted by Gasteiger charge is 2.52. The molecule has 270 valence electrons. The monoisotopic (exact) mass is 733 g/mol. The molecule has 6 aromatic rings. The second-order valence-electron chi connectivity index (χ2n) is 16.2. The Morgan fingerprint density at radius 1 is 0.698 bits per heavy atom. The van der Waals surface area contributed by atoms with Gasteiger partial charge in [-0.1, -0.05) is 160 Å². The third kappa shape index (κ3) is 7.68. The quantitative estimate of drug-likeness (QED) is 0.124. The molecule has 0 spiro atoms. The summed E-state index contributed by atoms with van der Waals surface area (Å²) in [7, 11) is -4.90. The molecule has 53 heavy (non-hydrogen) atoms. The summed E-state index contributed by atoms with van der Waals surface area (Å²) in [6, 6.07) is 51.1. The van der Waals surface area contributed by atoms with Crippen molar-refractivity contribution in [3.05, 3.63) is 163 Å². The predicted molar refractivity (Wildman–Crippen MR) is 225 cm³/mol. The maximum absolute atomic E-state index is 7.49. The molecule has 5 aromatic carbocycles. The first-order chi connectivity index (χ1) is 25.5. The van der Waals surface area contributed by atoms with E-state index in [2.05, 4.69) is 168 Å². The van der Waals surface area contributed by atoms with Crippen LogP contribution in [0.15, 0.2) is 156 Å². The zero-order valence-electron chi connectivity index (χ0n) is 31.9. The van der Waals surface area contributed by atoms with Crippen molar-refractivity contribution in [2.24, 2.45) is 0 Å². The molecule has 7 rings (SSSR count). The largest absolute Gasteiger partial charge is 0.534 e. The predicted octanol–water partition coefficient (Wildman–Crippen LogP) is 11.3. The van der Waals surface area contributed by atoms with Crippen LogP contribution in [-0.4, -0.2) is 27.2 Å². The Balaban J connectivity index is 1.32. The summed E-state index contributed by atoms with van der Waals surface area (Å²) in [4.78, 5) is 5.29. The number of rotatable bonds is 11. The van der Waals surface area contributed by atoms with Gasteiger partial charge in [-0.2, -0.15) is 0 Å². The van der Waals surface area contributed by atoms with Crippen molar-refractivity contribution in [2.45, 2.75) is 76.7 Å². The number of benzene rings is 5. The molecule has 0 radical (unpaired) electrons. The van der Waals surface area contributed by atoms with E-state index in [0.29, 0.717) is 12.3 Å². The zero-order chi connectivity index (χ0) is 37.1. The fourth-order valence-corrected chi connectivity index (χ4v) is 13.9. The second-order valence-corrected chi connectivity index (χ2v) is 24.9. The van der Waals surface area contributed by atoms with Gasteiger partial charge < -0.3 is 13.3 Å². The lowest BCUT2D eigenvalue weighted by molar-refractivity contribution is 0.103. The van der Waals surface area contributed by atoms with E-state index in [9.17, 15) is 0 Å². The lowest BCUT2D eigenvalue weighted by Crippen LogP contribution is -2.68. The van der Waals surface area contributed by atoms with Crippen molar-refractivity contribution in [3.63, 3.8) is 0 Å². The molecule has 1 aromatic heterocycles. The molecule has 1 heterocycles. The summed E-state index contributed by atoms with van der Waals surface area (Å²) in [5.41, 5.74) is 4.49. The minimum atomic E-state index is -2.82. The SMILES string of the molecule is CC(C)(C)[Si](Oc1cccc(C[C@@]2(O[Si](C)(C)C)CCCC=C2c2nc(-c3ccccc3)c(-c3ccccc3)o2)c1)(c1ccccc1)c1ccccc1. The number of allylic oxidation sites excluding steroid dienone is 1. The molecule has 0 unspecified atom stereocenters. The Hall–Kier alpha value is -4.76. The average molecular weight is 734 g/mol. The standard InChI is InChI=1S/C47H51NO3Si2/c1-46(2,3)53(40-28-15-9-16-29-40,41-30-17-10-18-31-41)50-39-27-21-22-36(34-39)35-47(51-52(4,5)6)33-20-19-32-42(47)45-48-43(37-23-11-7-12-24-37)44(49-45)38-25-13-8-14-26-38/h7-18,21-32,34H,19-20,33,35H2,1-6H3/t47-/m0/s1. The first kappa shape index (κ1) is 36.6. The molecule has 0 aliphatic heterocycles. The Labute approximate surface area is 317 Å². The van der Waals surface area contributed by atoms with Crippen molar-refractivity contribution in [1.29, 1.82) is 0 Å². The Morgan fingerprint density at radius 2 is 1.26 bits per heavy atom. The van der Waals surface area contributed by atoms with Crippen LogP contribution < -0.4 is 14.8 Å². The topological polar surface area (TPSA) is 44.5 Å². The van der Waals surface area contributed by atoms with Crippen LogP contribution in [0.2, 0.25) is 24.7 Å². The first-order valence-electron chi connectivity index (χ1n) is 18.9. The van der Waals surface area contributed by atoms with Gasteiger partial charge in [0.1, 0.15) is 11.4 Å². The molecule has 0 saturated heterocycles. The lowest BCUT2D eigenvalue weighted by atomic mass is 9.78. The summed E-state index contributed by atoms with van der Waals surface area (Å²) in [6.07, 6.45) is 5.87. The maximum Gasteiger partial charge on any atom is 0.319 e. The van der Waals surface area contributed by atoms with Crippen molar-refractivity contribution >= 4 is 32.6 Å². The number of hydrogen-bond donors (Lipinski definition) is 0. The number of aromatic nitrogens is 1. The summed E-state index contributed by atoms with van der Waals surface area (Å²) in [5.74, 6) is 2.30. The van der Waals surface area contributed by atoms with E-state index in [1.807, 2.05) is 24.3 Å². The van der Waals surface area contributed by atoms with E-state index in [4.69, 9.17) is 18.3 Å². The van der Waals surface area contributed by atoms with Crippen LogP contribution in [0.25, 0.3) is 28.2 Å². The van der Waals surface area contributed by atoms with Gasteiger partial charge in [0.25, 0.3) is 0 Å². The smallest absolute Gasteiger partial charge is 0.319 e. The number of nitrogens with zero attached hydrogens (tertiary/aromatic N) is 1. The van der Waals surface area contributed by atoms with Crippen molar-refractivity contribution in [1.82, 2.24) is 4.98 Å². The number of oxazole rings is 1. The molecule has 0 amide bonds.